The lowest BCUT2D eigenvalue weighted by atomic mass is 9.82. The molecule has 0 spiro atoms. The summed E-state index contributed by atoms with van der Waals surface area (Å²) in [4.78, 5) is 12.6. The van der Waals surface area contributed by atoms with Crippen molar-refractivity contribution in [2.45, 2.75) is 41.4 Å². The normalized spacial score (nSPS) is 26.9. The zero-order valence-corrected chi connectivity index (χ0v) is 11.9. The van der Waals surface area contributed by atoms with Gasteiger partial charge in [-0.3, -0.25) is 4.79 Å². The predicted octanol–water partition coefficient (Wildman–Crippen LogP) is 1.91. The number of carbonyl (C=O) groups excluding carboxylic acids is 1. The van der Waals surface area contributed by atoms with Crippen LogP contribution in [-0.2, 0) is 4.79 Å². The molecule has 19 heavy (non-hydrogen) atoms. The van der Waals surface area contributed by atoms with Crippen LogP contribution in [-0.4, -0.2) is 23.8 Å². The maximum absolute atomic E-state index is 11.4. The van der Waals surface area contributed by atoms with Gasteiger partial charge in [-0.1, -0.05) is 0 Å². The highest BCUT2D eigenvalue weighted by Gasteiger charge is 2.37. The predicted molar refractivity (Wildman–Crippen MR) is 77.2 cm³/mol. The van der Waals surface area contributed by atoms with Crippen LogP contribution in [0.3, 0.4) is 0 Å². The second-order valence-electron chi connectivity index (χ2n) is 5.03. The van der Waals surface area contributed by atoms with E-state index in [1.54, 1.807) is 18.9 Å². The number of hydrogen-bond donors (Lipinski definition) is 2. The lowest BCUT2D eigenvalue weighted by Gasteiger charge is -2.35. The van der Waals surface area contributed by atoms with E-state index in [0.717, 1.165) is 18.6 Å². The van der Waals surface area contributed by atoms with Crippen LogP contribution in [0, 0.1) is 0 Å². The van der Waals surface area contributed by atoms with Crippen molar-refractivity contribution in [1.82, 2.24) is 0 Å². The monoisotopic (exact) mass is 280 g/mol. The third-order valence-electron chi connectivity index (χ3n) is 3.59. The van der Waals surface area contributed by atoms with Gasteiger partial charge in [-0.2, -0.15) is 0 Å². The highest BCUT2D eigenvalue weighted by Crippen LogP contribution is 2.37. The summed E-state index contributed by atoms with van der Waals surface area (Å²) >= 11 is 1.76. The molecule has 0 aliphatic heterocycles. The molecule has 0 heterocycles. The van der Waals surface area contributed by atoms with Crippen LogP contribution in [0.2, 0.25) is 0 Å². The smallest absolute Gasteiger partial charge is 0.237 e. The Morgan fingerprint density at radius 3 is 2.68 bits per heavy atom. The summed E-state index contributed by atoms with van der Waals surface area (Å²) in [5.74, 6) is 0.464. The maximum atomic E-state index is 11.4. The first-order valence-electron chi connectivity index (χ1n) is 6.43. The molecular weight excluding hydrogens is 260 g/mol. The molecule has 1 amide bonds. The summed E-state index contributed by atoms with van der Waals surface area (Å²) in [7, 11) is 1.65. The average Bonchev–Trinajstić information content (AvgIpc) is 2.39. The number of primary amides is 1. The van der Waals surface area contributed by atoms with Gasteiger partial charge in [0.05, 0.1) is 12.6 Å². The second kappa shape index (κ2) is 5.84. The molecule has 1 fully saturated rings. The van der Waals surface area contributed by atoms with Crippen molar-refractivity contribution >= 4 is 17.7 Å². The van der Waals surface area contributed by atoms with Gasteiger partial charge in [0.15, 0.2) is 0 Å². The van der Waals surface area contributed by atoms with Crippen LogP contribution in [0.15, 0.2) is 29.2 Å². The van der Waals surface area contributed by atoms with Crippen molar-refractivity contribution < 1.29 is 9.53 Å². The third-order valence-corrected chi connectivity index (χ3v) is 4.87. The standard InChI is InChI=1S/C14H20N2O2S/c1-18-10-4-6-11(7-5-10)19-12-3-2-8-14(16,9-12)13(15)17/h4-7,12H,2-3,8-9,16H2,1H3,(H2,15,17). The number of nitrogens with two attached hydrogens (primary N) is 2. The van der Waals surface area contributed by atoms with Gasteiger partial charge in [0.25, 0.3) is 0 Å². The zero-order valence-electron chi connectivity index (χ0n) is 11.1. The first kappa shape index (κ1) is 14.2. The summed E-state index contributed by atoms with van der Waals surface area (Å²) in [5.41, 5.74) is 10.7. The Balaban J connectivity index is 2.00. The molecule has 0 radical (unpaired) electrons. The van der Waals surface area contributed by atoms with Crippen LogP contribution in [0.1, 0.15) is 25.7 Å². The van der Waals surface area contributed by atoms with E-state index in [1.165, 1.54) is 4.90 Å². The third kappa shape index (κ3) is 3.42. The Bertz CT molecular complexity index is 449. The Kier molecular flexibility index (Phi) is 4.37. The summed E-state index contributed by atoms with van der Waals surface area (Å²) < 4.78 is 5.13. The van der Waals surface area contributed by atoms with Crippen molar-refractivity contribution in [2.24, 2.45) is 11.5 Å². The average molecular weight is 280 g/mol. The fourth-order valence-corrected chi connectivity index (χ4v) is 3.77. The zero-order chi connectivity index (χ0) is 13.9. The van der Waals surface area contributed by atoms with Gasteiger partial charge in [0, 0.05) is 10.1 Å². The van der Waals surface area contributed by atoms with E-state index in [-0.39, 0.29) is 5.91 Å². The minimum atomic E-state index is -0.831. The molecule has 2 atom stereocenters. The molecule has 2 rings (SSSR count). The number of thioether (sulfide) groups is 1. The van der Waals surface area contributed by atoms with Gasteiger partial charge in [-0.15, -0.1) is 11.8 Å². The van der Waals surface area contributed by atoms with Crippen LogP contribution >= 0.6 is 11.8 Å². The molecule has 2 unspecified atom stereocenters. The molecule has 4 nitrogen and oxygen atoms in total. The molecule has 104 valence electrons. The van der Waals surface area contributed by atoms with Crippen molar-refractivity contribution in [3.63, 3.8) is 0 Å². The summed E-state index contributed by atoms with van der Waals surface area (Å²) in [6.45, 7) is 0. The molecule has 1 aliphatic carbocycles. The quantitative estimate of drug-likeness (QED) is 0.883. The number of amides is 1. The van der Waals surface area contributed by atoms with Crippen LogP contribution in [0.4, 0.5) is 0 Å². The number of benzene rings is 1. The molecule has 0 bridgehead atoms. The Morgan fingerprint density at radius 1 is 1.42 bits per heavy atom. The fraction of sp³-hybridized carbons (Fsp3) is 0.500. The molecule has 1 aromatic rings. The van der Waals surface area contributed by atoms with E-state index in [0.29, 0.717) is 18.1 Å². The van der Waals surface area contributed by atoms with Gasteiger partial charge in [-0.25, -0.2) is 0 Å². The molecule has 1 saturated carbocycles. The van der Waals surface area contributed by atoms with Crippen LogP contribution in [0.5, 0.6) is 5.75 Å². The van der Waals surface area contributed by atoms with Gasteiger partial charge < -0.3 is 16.2 Å². The van der Waals surface area contributed by atoms with Crippen molar-refractivity contribution in [3.8, 4) is 5.75 Å². The van der Waals surface area contributed by atoms with Crippen molar-refractivity contribution in [2.75, 3.05) is 7.11 Å². The summed E-state index contributed by atoms with van der Waals surface area (Å²) in [5, 5.41) is 0.347. The molecule has 5 heteroatoms. The summed E-state index contributed by atoms with van der Waals surface area (Å²) in [6.07, 6.45) is 3.37. The molecule has 1 aliphatic rings. The van der Waals surface area contributed by atoms with E-state index in [4.69, 9.17) is 16.2 Å². The van der Waals surface area contributed by atoms with Gasteiger partial charge in [0.1, 0.15) is 5.75 Å². The van der Waals surface area contributed by atoms with Crippen LogP contribution < -0.4 is 16.2 Å². The fourth-order valence-electron chi connectivity index (χ4n) is 2.43. The van der Waals surface area contributed by atoms with E-state index < -0.39 is 5.54 Å². The first-order valence-corrected chi connectivity index (χ1v) is 7.31. The molecular formula is C14H20N2O2S. The van der Waals surface area contributed by atoms with E-state index in [9.17, 15) is 4.79 Å². The molecule has 1 aromatic carbocycles. The Labute approximate surface area is 117 Å². The van der Waals surface area contributed by atoms with Gasteiger partial charge in [0.2, 0.25) is 5.91 Å². The number of hydrogen-bond acceptors (Lipinski definition) is 4. The minimum absolute atomic E-state index is 0.347. The number of ether oxygens (including phenoxy) is 1. The number of rotatable bonds is 4. The Hall–Kier alpha value is -1.20. The maximum Gasteiger partial charge on any atom is 0.237 e. The number of carbonyl (C=O) groups is 1. The Morgan fingerprint density at radius 2 is 2.11 bits per heavy atom. The van der Waals surface area contributed by atoms with Gasteiger partial charge >= 0.3 is 0 Å². The summed E-state index contributed by atoms with van der Waals surface area (Å²) in [6, 6.07) is 7.94. The lowest BCUT2D eigenvalue weighted by molar-refractivity contribution is -0.124. The minimum Gasteiger partial charge on any atom is -0.497 e. The molecule has 0 saturated heterocycles. The largest absolute Gasteiger partial charge is 0.497 e. The SMILES string of the molecule is COc1ccc(SC2CCCC(N)(C(N)=O)C2)cc1. The molecule has 0 aromatic heterocycles. The highest BCUT2D eigenvalue weighted by atomic mass is 32.2. The lowest BCUT2D eigenvalue weighted by Crippen LogP contribution is -2.55. The molecule has 4 N–H and O–H groups in total. The van der Waals surface area contributed by atoms with Crippen molar-refractivity contribution in [1.29, 1.82) is 0 Å². The topological polar surface area (TPSA) is 78.3 Å². The number of methoxy groups -OCH3 is 1. The van der Waals surface area contributed by atoms with E-state index in [1.807, 2.05) is 24.3 Å². The van der Waals surface area contributed by atoms with Crippen molar-refractivity contribution in [3.05, 3.63) is 24.3 Å². The highest BCUT2D eigenvalue weighted by molar-refractivity contribution is 8.00. The van der Waals surface area contributed by atoms with Gasteiger partial charge in [-0.05, 0) is 49.9 Å². The second-order valence-corrected chi connectivity index (χ2v) is 6.41. The van der Waals surface area contributed by atoms with Crippen LogP contribution in [0.25, 0.3) is 0 Å². The van der Waals surface area contributed by atoms with E-state index >= 15 is 0 Å². The first-order chi connectivity index (χ1) is 9.03. The van der Waals surface area contributed by atoms with E-state index in [2.05, 4.69) is 0 Å².